The molecule has 0 saturated carbocycles. The number of ether oxygens (including phenoxy) is 1. The third-order valence-electron chi connectivity index (χ3n) is 3.06. The van der Waals surface area contributed by atoms with Crippen LogP contribution in [-0.2, 0) is 4.79 Å². The Kier molecular flexibility index (Phi) is 5.50. The first-order chi connectivity index (χ1) is 10.9. The number of carbonyl (C=O) groups is 2. The molecule has 1 atom stereocenters. The second kappa shape index (κ2) is 7.37. The van der Waals surface area contributed by atoms with Gasteiger partial charge in [-0.3, -0.25) is 9.59 Å². The van der Waals surface area contributed by atoms with Gasteiger partial charge in [0.25, 0.3) is 0 Å². The van der Waals surface area contributed by atoms with Crippen molar-refractivity contribution in [1.82, 2.24) is 0 Å². The fraction of sp³-hybridized carbons (Fsp3) is 0.176. The average Bonchev–Trinajstić information content (AvgIpc) is 2.49. The van der Waals surface area contributed by atoms with Gasteiger partial charge >= 0.3 is 0 Å². The van der Waals surface area contributed by atoms with Crippen LogP contribution in [0.2, 0.25) is 0 Å². The van der Waals surface area contributed by atoms with Crippen LogP contribution in [0.25, 0.3) is 0 Å². The summed E-state index contributed by atoms with van der Waals surface area (Å²) in [6.07, 6.45) is -0.836. The lowest BCUT2D eigenvalue weighted by molar-refractivity contribution is -0.114. The number of halogens is 2. The molecule has 0 spiro atoms. The summed E-state index contributed by atoms with van der Waals surface area (Å²) in [4.78, 5) is 23.3. The summed E-state index contributed by atoms with van der Waals surface area (Å²) in [6.45, 7) is 2.97. The maximum atomic E-state index is 13.7. The van der Waals surface area contributed by atoms with Crippen LogP contribution in [0.3, 0.4) is 0 Å². The van der Waals surface area contributed by atoms with E-state index in [2.05, 4.69) is 21.2 Å². The number of anilines is 1. The molecule has 1 unspecified atom stereocenters. The summed E-state index contributed by atoms with van der Waals surface area (Å²) in [5.41, 5.74) is 1.02. The van der Waals surface area contributed by atoms with Crippen molar-refractivity contribution in [1.29, 1.82) is 0 Å². The Bertz CT molecular complexity index is 731. The topological polar surface area (TPSA) is 55.4 Å². The van der Waals surface area contributed by atoms with Crippen molar-refractivity contribution in [2.75, 3.05) is 5.32 Å². The molecule has 4 nitrogen and oxygen atoms in total. The van der Waals surface area contributed by atoms with Gasteiger partial charge in [0.2, 0.25) is 11.7 Å². The van der Waals surface area contributed by atoms with E-state index in [9.17, 15) is 14.0 Å². The Labute approximate surface area is 141 Å². The van der Waals surface area contributed by atoms with Crippen molar-refractivity contribution in [3.8, 4) is 5.75 Å². The van der Waals surface area contributed by atoms with E-state index in [0.717, 1.165) is 0 Å². The highest BCUT2D eigenvalue weighted by Crippen LogP contribution is 2.23. The Morgan fingerprint density at radius 3 is 2.39 bits per heavy atom. The Morgan fingerprint density at radius 1 is 1.17 bits per heavy atom. The van der Waals surface area contributed by atoms with Gasteiger partial charge < -0.3 is 10.1 Å². The zero-order valence-electron chi connectivity index (χ0n) is 12.6. The standard InChI is InChI=1S/C17H15BrFNO3/c1-10(23-16-8-5-13(18)9-15(16)19)17(22)12-3-6-14(7-4-12)20-11(2)21/h3-10H,1-2H3,(H,20,21). The van der Waals surface area contributed by atoms with Gasteiger partial charge in [-0.25, -0.2) is 4.39 Å². The van der Waals surface area contributed by atoms with Gasteiger partial charge in [0.1, 0.15) is 0 Å². The van der Waals surface area contributed by atoms with Crippen LogP contribution in [0, 0.1) is 5.82 Å². The Balaban J connectivity index is 2.08. The molecule has 0 aliphatic carbocycles. The third-order valence-corrected chi connectivity index (χ3v) is 3.55. The Hall–Kier alpha value is -2.21. The zero-order chi connectivity index (χ0) is 17.0. The number of hydrogen-bond donors (Lipinski definition) is 1. The van der Waals surface area contributed by atoms with Crippen LogP contribution in [0.5, 0.6) is 5.75 Å². The Morgan fingerprint density at radius 2 is 1.83 bits per heavy atom. The second-order valence-electron chi connectivity index (χ2n) is 4.96. The first-order valence-corrected chi connectivity index (χ1v) is 7.69. The number of rotatable bonds is 5. The van der Waals surface area contributed by atoms with Crippen molar-refractivity contribution in [3.05, 3.63) is 58.3 Å². The van der Waals surface area contributed by atoms with Crippen LogP contribution < -0.4 is 10.1 Å². The molecule has 0 fully saturated rings. The highest BCUT2D eigenvalue weighted by atomic mass is 79.9. The summed E-state index contributed by atoms with van der Waals surface area (Å²) < 4.78 is 19.7. The zero-order valence-corrected chi connectivity index (χ0v) is 14.2. The first-order valence-electron chi connectivity index (χ1n) is 6.90. The van der Waals surface area contributed by atoms with E-state index in [4.69, 9.17) is 4.74 Å². The van der Waals surface area contributed by atoms with E-state index in [1.165, 1.54) is 19.1 Å². The molecule has 0 bridgehead atoms. The first kappa shape index (κ1) is 17.1. The van der Waals surface area contributed by atoms with Crippen molar-refractivity contribution >= 4 is 33.3 Å². The summed E-state index contributed by atoms with van der Waals surface area (Å²) in [6, 6.07) is 10.8. The molecule has 0 aromatic heterocycles. The summed E-state index contributed by atoms with van der Waals surface area (Å²) in [5.74, 6) is -0.989. The predicted octanol–water partition coefficient (Wildman–Crippen LogP) is 4.20. The van der Waals surface area contributed by atoms with E-state index in [0.29, 0.717) is 15.7 Å². The maximum Gasteiger partial charge on any atom is 0.221 e. The van der Waals surface area contributed by atoms with Crippen molar-refractivity contribution < 1.29 is 18.7 Å². The molecule has 23 heavy (non-hydrogen) atoms. The molecule has 2 aromatic rings. The number of benzene rings is 2. The van der Waals surface area contributed by atoms with Crippen LogP contribution >= 0.6 is 15.9 Å². The smallest absolute Gasteiger partial charge is 0.221 e. The SMILES string of the molecule is CC(=O)Nc1ccc(C(=O)C(C)Oc2ccc(Br)cc2F)cc1. The van der Waals surface area contributed by atoms with Gasteiger partial charge in [0, 0.05) is 22.6 Å². The third kappa shape index (κ3) is 4.63. The van der Waals surface area contributed by atoms with E-state index < -0.39 is 11.9 Å². The molecule has 2 aromatic carbocycles. The molecule has 0 aliphatic heterocycles. The molecule has 0 aliphatic rings. The van der Waals surface area contributed by atoms with Gasteiger partial charge in [-0.2, -0.15) is 0 Å². The normalized spacial score (nSPS) is 11.7. The molecule has 0 radical (unpaired) electrons. The monoisotopic (exact) mass is 379 g/mol. The molecule has 0 heterocycles. The molecule has 1 N–H and O–H groups in total. The summed E-state index contributed by atoms with van der Waals surface area (Å²) >= 11 is 3.16. The van der Waals surface area contributed by atoms with Gasteiger partial charge in [-0.1, -0.05) is 15.9 Å². The minimum absolute atomic E-state index is 0.0175. The predicted molar refractivity (Wildman–Crippen MR) is 89.3 cm³/mol. The summed E-state index contributed by atoms with van der Waals surface area (Å²) in [5, 5.41) is 2.62. The lowest BCUT2D eigenvalue weighted by atomic mass is 10.1. The molecule has 120 valence electrons. The molecular weight excluding hydrogens is 365 g/mol. The van der Waals surface area contributed by atoms with Crippen molar-refractivity contribution in [2.45, 2.75) is 20.0 Å². The van der Waals surface area contributed by atoms with Crippen molar-refractivity contribution in [3.63, 3.8) is 0 Å². The molecule has 6 heteroatoms. The number of ketones is 1. The van der Waals surface area contributed by atoms with Gasteiger partial charge in [-0.05, 0) is 49.4 Å². The highest BCUT2D eigenvalue weighted by Gasteiger charge is 2.18. The fourth-order valence-corrected chi connectivity index (χ4v) is 2.30. The lowest BCUT2D eigenvalue weighted by Crippen LogP contribution is -2.24. The van der Waals surface area contributed by atoms with Crippen LogP contribution in [0.1, 0.15) is 24.2 Å². The quantitative estimate of drug-likeness (QED) is 0.792. The van der Waals surface area contributed by atoms with Crippen molar-refractivity contribution in [2.24, 2.45) is 0 Å². The number of amides is 1. The molecule has 1 amide bonds. The number of hydrogen-bond acceptors (Lipinski definition) is 3. The fourth-order valence-electron chi connectivity index (χ4n) is 1.97. The van der Waals surface area contributed by atoms with E-state index >= 15 is 0 Å². The van der Waals surface area contributed by atoms with Crippen LogP contribution in [-0.4, -0.2) is 17.8 Å². The van der Waals surface area contributed by atoms with Gasteiger partial charge in [0.05, 0.1) is 0 Å². The average molecular weight is 380 g/mol. The van der Waals surface area contributed by atoms with E-state index in [1.54, 1.807) is 37.3 Å². The molecular formula is C17H15BrFNO3. The number of Topliss-reactive ketones (excluding diaryl/α,β-unsaturated/α-hetero) is 1. The van der Waals surface area contributed by atoms with Gasteiger partial charge in [0.15, 0.2) is 17.7 Å². The van der Waals surface area contributed by atoms with Crippen LogP contribution in [0.15, 0.2) is 46.9 Å². The van der Waals surface area contributed by atoms with Gasteiger partial charge in [-0.15, -0.1) is 0 Å². The van der Waals surface area contributed by atoms with Crippen LogP contribution in [0.4, 0.5) is 10.1 Å². The molecule has 2 rings (SSSR count). The highest BCUT2D eigenvalue weighted by molar-refractivity contribution is 9.10. The molecule has 0 saturated heterocycles. The van der Waals surface area contributed by atoms with E-state index in [1.807, 2.05) is 0 Å². The largest absolute Gasteiger partial charge is 0.479 e. The maximum absolute atomic E-state index is 13.7. The lowest BCUT2D eigenvalue weighted by Gasteiger charge is -2.14. The minimum Gasteiger partial charge on any atom is -0.479 e. The van der Waals surface area contributed by atoms with E-state index in [-0.39, 0.29) is 17.4 Å². The summed E-state index contributed by atoms with van der Waals surface area (Å²) in [7, 11) is 0. The number of nitrogens with one attached hydrogen (secondary N) is 1. The minimum atomic E-state index is -0.836. The number of carbonyl (C=O) groups excluding carboxylic acids is 2. The second-order valence-corrected chi connectivity index (χ2v) is 5.87.